The number of H-pyrrole nitrogens is 1. The van der Waals surface area contributed by atoms with Crippen LogP contribution in [0.3, 0.4) is 0 Å². The highest BCUT2D eigenvalue weighted by Gasteiger charge is 2.33. The third-order valence-electron chi connectivity index (χ3n) is 7.36. The minimum Gasteiger partial charge on any atom is -0.468 e. The molecule has 1 fully saturated rings. The smallest absolute Gasteiger partial charge is 0.253 e. The van der Waals surface area contributed by atoms with Crippen LogP contribution in [0.15, 0.2) is 76.1 Å². The summed E-state index contributed by atoms with van der Waals surface area (Å²) in [5, 5.41) is 13.9. The fraction of sp³-hybridized carbons (Fsp3) is 0.310. The van der Waals surface area contributed by atoms with Crippen molar-refractivity contribution < 1.29 is 8.81 Å². The van der Waals surface area contributed by atoms with Crippen LogP contribution in [-0.4, -0.2) is 30.1 Å². The summed E-state index contributed by atoms with van der Waals surface area (Å²) in [6, 6.07) is 17.7. The zero-order valence-corrected chi connectivity index (χ0v) is 21.2. The number of hydrogen-bond acceptors (Lipinski definition) is 6. The van der Waals surface area contributed by atoms with Crippen LogP contribution in [0.4, 0.5) is 4.39 Å². The first-order chi connectivity index (χ1) is 18.5. The molecule has 0 unspecified atom stereocenters. The molecule has 1 aliphatic rings. The van der Waals surface area contributed by atoms with E-state index in [0.29, 0.717) is 24.5 Å². The minimum absolute atomic E-state index is 0.181. The molecule has 1 N–H and O–H groups in total. The van der Waals surface area contributed by atoms with E-state index in [1.165, 1.54) is 12.1 Å². The number of fused-ring (bicyclic) bond motifs is 1. The maximum atomic E-state index is 13.7. The summed E-state index contributed by atoms with van der Waals surface area (Å²) < 4.78 is 21.3. The summed E-state index contributed by atoms with van der Waals surface area (Å²) in [7, 11) is 0. The van der Waals surface area contributed by atoms with E-state index < -0.39 is 6.04 Å². The second-order valence-corrected chi connectivity index (χ2v) is 10.1. The predicted molar refractivity (Wildman–Crippen MR) is 141 cm³/mol. The van der Waals surface area contributed by atoms with Crippen LogP contribution in [0.2, 0.25) is 0 Å². The first kappa shape index (κ1) is 24.2. The molecule has 6 rings (SSSR count). The molecule has 8 nitrogen and oxygen atoms in total. The maximum absolute atomic E-state index is 13.7. The van der Waals surface area contributed by atoms with Crippen LogP contribution in [0.5, 0.6) is 0 Å². The third kappa shape index (κ3) is 4.89. The highest BCUT2D eigenvalue weighted by atomic mass is 19.1. The molecule has 3 aromatic heterocycles. The molecule has 0 bridgehead atoms. The van der Waals surface area contributed by atoms with Gasteiger partial charge in [-0.3, -0.25) is 9.69 Å². The topological polar surface area (TPSA) is 92.8 Å². The summed E-state index contributed by atoms with van der Waals surface area (Å²) in [6.45, 7) is 2.82. The number of rotatable bonds is 8. The number of halogens is 1. The lowest BCUT2D eigenvalue weighted by atomic mass is 10.0. The van der Waals surface area contributed by atoms with Crippen LogP contribution >= 0.6 is 0 Å². The number of aromatic nitrogens is 5. The minimum atomic E-state index is -0.574. The molecule has 0 aliphatic heterocycles. The number of nitrogens with zero attached hydrogens (tertiary/aromatic N) is 5. The zero-order valence-electron chi connectivity index (χ0n) is 21.2. The van der Waals surface area contributed by atoms with Gasteiger partial charge in [-0.2, -0.15) is 0 Å². The second kappa shape index (κ2) is 10.3. The molecule has 3 heterocycles. The molecule has 194 valence electrons. The summed E-state index contributed by atoms with van der Waals surface area (Å²) in [4.78, 5) is 18.9. The van der Waals surface area contributed by atoms with Crippen LogP contribution in [-0.2, 0) is 13.1 Å². The number of furan rings is 1. The highest BCUT2D eigenvalue weighted by Crippen LogP contribution is 2.35. The Balaban J connectivity index is 1.52. The Morgan fingerprint density at radius 2 is 1.92 bits per heavy atom. The fourth-order valence-electron chi connectivity index (χ4n) is 5.49. The maximum Gasteiger partial charge on any atom is 0.253 e. The van der Waals surface area contributed by atoms with E-state index in [-0.39, 0.29) is 17.4 Å². The van der Waals surface area contributed by atoms with Crippen LogP contribution in [0.1, 0.15) is 66.0 Å². The molecular formula is C29H29FN6O2. The van der Waals surface area contributed by atoms with Gasteiger partial charge in [0.15, 0.2) is 5.82 Å². The second-order valence-electron chi connectivity index (χ2n) is 10.1. The number of aryl methyl sites for hydroxylation is 1. The average molecular weight is 513 g/mol. The van der Waals surface area contributed by atoms with Crippen molar-refractivity contribution >= 4 is 10.9 Å². The number of hydrogen-bond donors (Lipinski definition) is 1. The summed E-state index contributed by atoms with van der Waals surface area (Å²) in [5.41, 5.74) is 3.10. The van der Waals surface area contributed by atoms with E-state index in [0.717, 1.165) is 53.5 Å². The Bertz CT molecular complexity index is 1590. The molecule has 5 aromatic rings. The molecule has 1 saturated carbocycles. The molecule has 0 spiro atoms. The zero-order chi connectivity index (χ0) is 26.1. The van der Waals surface area contributed by atoms with Crippen LogP contribution in [0, 0.1) is 12.7 Å². The van der Waals surface area contributed by atoms with Crippen LogP contribution < -0.4 is 5.56 Å². The van der Waals surface area contributed by atoms with Gasteiger partial charge < -0.3 is 9.40 Å². The van der Waals surface area contributed by atoms with Crippen LogP contribution in [0.25, 0.3) is 10.9 Å². The quantitative estimate of drug-likeness (QED) is 0.297. The van der Waals surface area contributed by atoms with Crippen molar-refractivity contribution in [1.82, 2.24) is 30.1 Å². The molecule has 1 atom stereocenters. The van der Waals surface area contributed by atoms with Gasteiger partial charge in [-0.05, 0) is 83.1 Å². The fourth-order valence-corrected chi connectivity index (χ4v) is 5.49. The Kier molecular flexibility index (Phi) is 6.59. The van der Waals surface area contributed by atoms with Gasteiger partial charge in [0.25, 0.3) is 5.56 Å². The van der Waals surface area contributed by atoms with Crippen molar-refractivity contribution in [2.75, 3.05) is 0 Å². The molecular weight excluding hydrogens is 483 g/mol. The van der Waals surface area contributed by atoms with Gasteiger partial charge in [-0.15, -0.1) is 5.10 Å². The van der Waals surface area contributed by atoms with Crippen molar-refractivity contribution in [2.24, 2.45) is 0 Å². The molecule has 0 radical (unpaired) electrons. The molecule has 0 saturated heterocycles. The number of aromatic amines is 1. The Labute approximate surface area is 219 Å². The first-order valence-corrected chi connectivity index (χ1v) is 13.0. The molecule has 0 amide bonds. The highest BCUT2D eigenvalue weighted by molar-refractivity contribution is 5.79. The lowest BCUT2D eigenvalue weighted by molar-refractivity contribution is 0.176. The van der Waals surface area contributed by atoms with Crippen molar-refractivity contribution in [1.29, 1.82) is 0 Å². The van der Waals surface area contributed by atoms with Gasteiger partial charge in [0.05, 0.1) is 18.8 Å². The first-order valence-electron chi connectivity index (χ1n) is 13.0. The lowest BCUT2D eigenvalue weighted by Crippen LogP contribution is -2.35. The third-order valence-corrected chi connectivity index (χ3v) is 7.36. The van der Waals surface area contributed by atoms with Crippen molar-refractivity contribution in [2.45, 2.75) is 57.8 Å². The van der Waals surface area contributed by atoms with E-state index in [1.54, 1.807) is 18.4 Å². The van der Waals surface area contributed by atoms with Crippen molar-refractivity contribution in [3.8, 4) is 0 Å². The number of pyridine rings is 1. The largest absolute Gasteiger partial charge is 0.468 e. The van der Waals surface area contributed by atoms with Gasteiger partial charge in [-0.25, -0.2) is 9.07 Å². The Morgan fingerprint density at radius 3 is 2.68 bits per heavy atom. The van der Waals surface area contributed by atoms with Gasteiger partial charge in [-0.1, -0.05) is 37.1 Å². The van der Waals surface area contributed by atoms with E-state index >= 15 is 0 Å². The van der Waals surface area contributed by atoms with E-state index in [4.69, 9.17) is 4.42 Å². The average Bonchev–Trinajstić information content (AvgIpc) is 3.69. The summed E-state index contributed by atoms with van der Waals surface area (Å²) >= 11 is 0. The number of tetrazole rings is 1. The SMILES string of the molecule is Cc1ccc2cc([C@@H](c3nnnn3C3CCCC3)N(Cc3ccc(F)cc3)Cc3ccco3)c(=O)[nH]c2c1. The standard InChI is InChI=1S/C29H29FN6O2/c1-19-8-11-21-16-25(29(37)31-26(21)15-19)27(28-32-33-34-36(28)23-5-2-3-6-23)35(18-24-7-4-14-38-24)17-20-9-12-22(30)13-10-20/h4,7-16,23,27H,2-3,5-6,17-18H2,1H3,(H,31,37)/t27-/m0/s1. The predicted octanol–water partition coefficient (Wildman–Crippen LogP) is 5.46. The number of nitrogens with one attached hydrogen (secondary N) is 1. The van der Waals surface area contributed by atoms with E-state index in [1.807, 2.05) is 48.0 Å². The van der Waals surface area contributed by atoms with Gasteiger partial charge in [0, 0.05) is 17.6 Å². The monoisotopic (exact) mass is 512 g/mol. The van der Waals surface area contributed by atoms with E-state index in [9.17, 15) is 9.18 Å². The lowest BCUT2D eigenvalue weighted by Gasteiger charge is -2.31. The van der Waals surface area contributed by atoms with Gasteiger partial charge in [0.2, 0.25) is 0 Å². The molecule has 9 heteroatoms. The normalized spacial score (nSPS) is 15.0. The summed E-state index contributed by atoms with van der Waals surface area (Å²) in [5.74, 6) is 1.06. The van der Waals surface area contributed by atoms with Gasteiger partial charge in [0.1, 0.15) is 17.6 Å². The van der Waals surface area contributed by atoms with Crippen molar-refractivity contribution in [3.05, 3.63) is 111 Å². The molecule has 38 heavy (non-hydrogen) atoms. The number of benzene rings is 2. The Morgan fingerprint density at radius 1 is 1.11 bits per heavy atom. The summed E-state index contributed by atoms with van der Waals surface area (Å²) in [6.07, 6.45) is 5.86. The molecule has 2 aromatic carbocycles. The van der Waals surface area contributed by atoms with E-state index in [2.05, 4.69) is 25.4 Å². The molecule has 1 aliphatic carbocycles. The Hall–Kier alpha value is -4.11. The van der Waals surface area contributed by atoms with Crippen molar-refractivity contribution in [3.63, 3.8) is 0 Å². The van der Waals surface area contributed by atoms with Gasteiger partial charge >= 0.3 is 0 Å².